The fourth-order valence-electron chi connectivity index (χ4n) is 3.89. The summed E-state index contributed by atoms with van der Waals surface area (Å²) < 4.78 is 14.0. The van der Waals surface area contributed by atoms with E-state index in [-0.39, 0.29) is 11.6 Å². The van der Waals surface area contributed by atoms with Crippen LogP contribution in [0, 0.1) is 13.8 Å². The summed E-state index contributed by atoms with van der Waals surface area (Å²) >= 11 is 0. The molecular weight excluding hydrogens is 396 g/mol. The van der Waals surface area contributed by atoms with Crippen molar-refractivity contribution in [1.82, 2.24) is 29.4 Å². The summed E-state index contributed by atoms with van der Waals surface area (Å²) in [6.45, 7) is 6.16. The molecule has 4 aromatic rings. The Hall–Kier alpha value is -3.46. The Morgan fingerprint density at radius 2 is 1.87 bits per heavy atom. The molecule has 0 spiro atoms. The molecule has 31 heavy (non-hydrogen) atoms. The summed E-state index contributed by atoms with van der Waals surface area (Å²) in [5, 5.41) is 7.60. The van der Waals surface area contributed by atoms with Gasteiger partial charge in [0.05, 0.1) is 31.1 Å². The van der Waals surface area contributed by atoms with Crippen LogP contribution < -0.4 is 10.3 Å². The van der Waals surface area contributed by atoms with Gasteiger partial charge in [0.25, 0.3) is 5.56 Å². The molecule has 0 aliphatic heterocycles. The van der Waals surface area contributed by atoms with Crippen molar-refractivity contribution >= 4 is 5.65 Å². The second-order valence-electron chi connectivity index (χ2n) is 7.58. The summed E-state index contributed by atoms with van der Waals surface area (Å²) in [7, 11) is 3.25. The number of H-pyrrole nitrogens is 1. The first-order valence-electron chi connectivity index (χ1n) is 10.1. The van der Waals surface area contributed by atoms with Crippen LogP contribution in [0.4, 0.5) is 0 Å². The lowest BCUT2D eigenvalue weighted by Gasteiger charge is -2.13. The van der Waals surface area contributed by atoms with Gasteiger partial charge in [-0.3, -0.25) is 9.89 Å². The predicted molar refractivity (Wildman–Crippen MR) is 116 cm³/mol. The van der Waals surface area contributed by atoms with E-state index in [4.69, 9.17) is 14.5 Å². The predicted octanol–water partition coefficient (Wildman–Crippen LogP) is 2.86. The van der Waals surface area contributed by atoms with E-state index in [1.165, 1.54) is 4.52 Å². The molecule has 0 bridgehead atoms. The number of ether oxygens (including phenoxy) is 2. The van der Waals surface area contributed by atoms with Gasteiger partial charge in [-0.1, -0.05) is 12.1 Å². The average Bonchev–Trinajstić information content (AvgIpc) is 3.28. The highest BCUT2D eigenvalue weighted by Crippen LogP contribution is 2.29. The van der Waals surface area contributed by atoms with Gasteiger partial charge in [0.15, 0.2) is 5.65 Å². The summed E-state index contributed by atoms with van der Waals surface area (Å²) in [5.74, 6) is 2.32. The number of methoxy groups -OCH3 is 2. The molecule has 0 aliphatic carbocycles. The molecule has 162 valence electrons. The molecule has 0 fully saturated rings. The third-order valence-corrected chi connectivity index (χ3v) is 5.24. The fourth-order valence-corrected chi connectivity index (χ4v) is 3.89. The number of aromatic amines is 1. The smallest absolute Gasteiger partial charge is 0.272 e. The van der Waals surface area contributed by atoms with E-state index >= 15 is 0 Å². The molecule has 9 heteroatoms. The number of nitrogens with zero attached hydrogens (tertiary/aromatic N) is 5. The van der Waals surface area contributed by atoms with Crippen molar-refractivity contribution in [2.24, 2.45) is 0 Å². The highest BCUT2D eigenvalue weighted by Gasteiger charge is 2.19. The van der Waals surface area contributed by atoms with E-state index in [1.807, 2.05) is 49.7 Å². The topological polar surface area (TPSA) is 99.3 Å². The lowest BCUT2D eigenvalue weighted by Crippen LogP contribution is -2.18. The van der Waals surface area contributed by atoms with E-state index in [9.17, 15) is 4.79 Å². The first kappa shape index (κ1) is 20.8. The molecule has 3 aromatic heterocycles. The molecule has 4 rings (SSSR count). The van der Waals surface area contributed by atoms with Crippen LogP contribution in [0.15, 0.2) is 35.1 Å². The third-order valence-electron chi connectivity index (χ3n) is 5.24. The Morgan fingerprint density at radius 1 is 1.13 bits per heavy atom. The second-order valence-corrected chi connectivity index (χ2v) is 7.58. The van der Waals surface area contributed by atoms with Crippen LogP contribution in [0.25, 0.3) is 16.8 Å². The highest BCUT2D eigenvalue weighted by molar-refractivity contribution is 5.80. The number of fused-ring (bicyclic) bond motifs is 1. The van der Waals surface area contributed by atoms with Gasteiger partial charge in [0.1, 0.15) is 17.4 Å². The van der Waals surface area contributed by atoms with Crippen LogP contribution >= 0.6 is 0 Å². The van der Waals surface area contributed by atoms with Crippen LogP contribution in [0.5, 0.6) is 5.75 Å². The third kappa shape index (κ3) is 3.96. The molecule has 1 atom stereocenters. The zero-order valence-electron chi connectivity index (χ0n) is 18.3. The Bertz CT molecular complexity index is 1270. The van der Waals surface area contributed by atoms with Crippen molar-refractivity contribution < 1.29 is 9.47 Å². The first-order valence-corrected chi connectivity index (χ1v) is 10.1. The number of nitrogens with one attached hydrogen (secondary N) is 1. The van der Waals surface area contributed by atoms with E-state index in [2.05, 4.69) is 15.2 Å². The standard InChI is InChI=1S/C22H26N6O3/c1-13(27-15(3)23-14(2)25-27)10-17-11-20(29)28-22(24-17)21(19(26-28)12-30-4)16-6-8-18(31-5)9-7-16/h6-9,11,13,26H,10,12H2,1-5H3. The van der Waals surface area contributed by atoms with Gasteiger partial charge in [-0.15, -0.1) is 0 Å². The van der Waals surface area contributed by atoms with E-state index in [0.29, 0.717) is 24.4 Å². The average molecular weight is 422 g/mol. The Kier molecular flexibility index (Phi) is 5.60. The number of benzene rings is 1. The maximum Gasteiger partial charge on any atom is 0.272 e. The lowest BCUT2D eigenvalue weighted by molar-refractivity contribution is 0.181. The quantitative estimate of drug-likeness (QED) is 0.492. The molecule has 0 amide bonds. The molecular formula is C22H26N6O3. The first-order chi connectivity index (χ1) is 14.9. The zero-order chi connectivity index (χ0) is 22.1. The summed E-state index contributed by atoms with van der Waals surface area (Å²) in [6, 6.07) is 9.24. The minimum Gasteiger partial charge on any atom is -0.497 e. The molecule has 1 N–H and O–H groups in total. The van der Waals surface area contributed by atoms with Gasteiger partial charge in [-0.05, 0) is 38.5 Å². The number of rotatable bonds is 7. The maximum absolute atomic E-state index is 12.9. The molecule has 0 radical (unpaired) electrons. The molecule has 0 saturated heterocycles. The molecule has 3 heterocycles. The Labute approximate surface area is 179 Å². The minimum atomic E-state index is -0.171. The summed E-state index contributed by atoms with van der Waals surface area (Å²) in [5.41, 5.74) is 3.64. The van der Waals surface area contributed by atoms with Crippen molar-refractivity contribution in [1.29, 1.82) is 0 Å². The Balaban J connectivity index is 1.80. The van der Waals surface area contributed by atoms with Gasteiger partial charge in [0.2, 0.25) is 0 Å². The molecule has 0 saturated carbocycles. The SMILES string of the molecule is COCc1[nH]n2c(=O)cc(CC(C)n3nc(C)nc3C)nc2c1-c1ccc(OC)cc1. The molecule has 9 nitrogen and oxygen atoms in total. The lowest BCUT2D eigenvalue weighted by atomic mass is 10.1. The zero-order valence-corrected chi connectivity index (χ0v) is 18.3. The molecule has 0 aliphatic rings. The van der Waals surface area contributed by atoms with Gasteiger partial charge < -0.3 is 9.47 Å². The maximum atomic E-state index is 12.9. The van der Waals surface area contributed by atoms with Crippen LogP contribution in [0.2, 0.25) is 0 Å². The van der Waals surface area contributed by atoms with Gasteiger partial charge in [0, 0.05) is 25.2 Å². The number of aryl methyl sites for hydroxylation is 2. The second kappa shape index (κ2) is 8.35. The minimum absolute atomic E-state index is 0.0115. The van der Waals surface area contributed by atoms with Crippen molar-refractivity contribution in [3.63, 3.8) is 0 Å². The van der Waals surface area contributed by atoms with E-state index in [1.54, 1.807) is 20.3 Å². The monoisotopic (exact) mass is 422 g/mol. The van der Waals surface area contributed by atoms with Crippen molar-refractivity contribution in [3.8, 4) is 16.9 Å². The Morgan fingerprint density at radius 3 is 2.48 bits per heavy atom. The number of hydrogen-bond acceptors (Lipinski definition) is 6. The summed E-state index contributed by atoms with van der Waals surface area (Å²) in [6.07, 6.45) is 0.558. The largest absolute Gasteiger partial charge is 0.497 e. The van der Waals surface area contributed by atoms with Crippen molar-refractivity contribution in [2.45, 2.75) is 39.8 Å². The van der Waals surface area contributed by atoms with E-state index < -0.39 is 0 Å². The molecule has 1 unspecified atom stereocenters. The van der Waals surface area contributed by atoms with Crippen molar-refractivity contribution in [2.75, 3.05) is 14.2 Å². The normalized spacial score (nSPS) is 12.4. The molecule has 1 aromatic carbocycles. The van der Waals surface area contributed by atoms with Gasteiger partial charge in [-0.2, -0.15) is 5.10 Å². The van der Waals surface area contributed by atoms with Crippen molar-refractivity contribution in [3.05, 3.63) is 63.7 Å². The van der Waals surface area contributed by atoms with Crippen LogP contribution in [-0.2, 0) is 17.8 Å². The fraction of sp³-hybridized carbons (Fsp3) is 0.364. The summed E-state index contributed by atoms with van der Waals surface area (Å²) in [4.78, 5) is 22.1. The van der Waals surface area contributed by atoms with Gasteiger partial charge in [-0.25, -0.2) is 19.2 Å². The van der Waals surface area contributed by atoms with E-state index in [0.717, 1.165) is 34.2 Å². The van der Waals surface area contributed by atoms with Crippen LogP contribution in [0.3, 0.4) is 0 Å². The van der Waals surface area contributed by atoms with Crippen LogP contribution in [-0.4, -0.2) is 43.6 Å². The van der Waals surface area contributed by atoms with Gasteiger partial charge >= 0.3 is 0 Å². The number of aromatic nitrogens is 6. The highest BCUT2D eigenvalue weighted by atomic mass is 16.5. The van der Waals surface area contributed by atoms with Crippen LogP contribution in [0.1, 0.15) is 36.0 Å². The number of hydrogen-bond donors (Lipinski definition) is 1.